The highest BCUT2D eigenvalue weighted by atomic mass is 35.5. The van der Waals surface area contributed by atoms with Gasteiger partial charge in [0.25, 0.3) is 11.8 Å². The van der Waals surface area contributed by atoms with Crippen molar-refractivity contribution in [1.82, 2.24) is 41.1 Å². The molecule has 5 amide bonds. The van der Waals surface area contributed by atoms with Crippen molar-refractivity contribution >= 4 is 41.1 Å². The quantitative estimate of drug-likeness (QED) is 0.179. The monoisotopic (exact) mass is 768 g/mol. The van der Waals surface area contributed by atoms with Crippen molar-refractivity contribution in [3.05, 3.63) is 47.6 Å². The Balaban J connectivity index is 1.39. The van der Waals surface area contributed by atoms with E-state index in [4.69, 9.17) is 16.3 Å². The number of carbonyl (C=O) groups is 5. The summed E-state index contributed by atoms with van der Waals surface area (Å²) in [6.07, 6.45) is 10.4. The highest BCUT2D eigenvalue weighted by molar-refractivity contribution is 6.30. The molecule has 3 aliphatic rings. The maximum Gasteiger partial charge on any atom is 0.272 e. The lowest BCUT2D eigenvalue weighted by Gasteiger charge is -2.37. The van der Waals surface area contributed by atoms with Gasteiger partial charge in [0.1, 0.15) is 29.9 Å². The molecule has 3 heterocycles. The van der Waals surface area contributed by atoms with E-state index in [2.05, 4.69) is 36.2 Å². The summed E-state index contributed by atoms with van der Waals surface area (Å²) in [6, 6.07) is -0.799. The summed E-state index contributed by atoms with van der Waals surface area (Å²) >= 11 is 6.02. The summed E-state index contributed by atoms with van der Waals surface area (Å²) in [4.78, 5) is 82.8. The second kappa shape index (κ2) is 18.3. The zero-order chi connectivity index (χ0) is 39.0. The van der Waals surface area contributed by atoms with Crippen LogP contribution in [0.25, 0.3) is 0 Å². The van der Waals surface area contributed by atoms with E-state index >= 15 is 0 Å². The lowest BCUT2D eigenvalue weighted by molar-refractivity contribution is -0.145. The third kappa shape index (κ3) is 10.9. The van der Waals surface area contributed by atoms with E-state index in [0.29, 0.717) is 17.9 Å². The number of aliphatic hydroxyl groups excluding tert-OH is 1. The van der Waals surface area contributed by atoms with E-state index in [1.165, 1.54) is 29.7 Å². The number of aliphatic hydroxyl groups is 1. The first-order valence-electron chi connectivity index (χ1n) is 19.0. The first kappa shape index (κ1) is 40.8. The van der Waals surface area contributed by atoms with Gasteiger partial charge in [-0.15, -0.1) is 0 Å². The van der Waals surface area contributed by atoms with Crippen molar-refractivity contribution in [1.29, 1.82) is 0 Å². The molecule has 15 nitrogen and oxygen atoms in total. The fraction of sp³-hybridized carbons (Fsp3) is 0.632. The van der Waals surface area contributed by atoms with Crippen molar-refractivity contribution in [3.63, 3.8) is 0 Å². The van der Waals surface area contributed by atoms with Gasteiger partial charge >= 0.3 is 0 Å². The second-order valence-electron chi connectivity index (χ2n) is 15.7. The smallest absolute Gasteiger partial charge is 0.272 e. The largest absolute Gasteiger partial charge is 0.472 e. The second-order valence-corrected chi connectivity index (χ2v) is 16.1. The Morgan fingerprint density at radius 3 is 2.31 bits per heavy atom. The Bertz CT molecular complexity index is 1620. The normalized spacial score (nSPS) is 21.3. The Morgan fingerprint density at radius 1 is 0.963 bits per heavy atom. The van der Waals surface area contributed by atoms with Gasteiger partial charge in [0, 0.05) is 37.1 Å². The van der Waals surface area contributed by atoms with Crippen LogP contribution in [-0.4, -0.2) is 103 Å². The molecule has 2 aliphatic carbocycles. The Kier molecular flexibility index (Phi) is 13.8. The van der Waals surface area contributed by atoms with Crippen molar-refractivity contribution in [2.45, 2.75) is 134 Å². The molecule has 16 heteroatoms. The third-order valence-electron chi connectivity index (χ3n) is 10.2. The van der Waals surface area contributed by atoms with E-state index in [9.17, 15) is 29.1 Å². The topological polar surface area (TPSA) is 205 Å². The number of hydrogen-bond donors (Lipinski definition) is 5. The number of amides is 5. The van der Waals surface area contributed by atoms with Crippen LogP contribution < -0.4 is 26.0 Å². The zero-order valence-electron chi connectivity index (χ0n) is 31.4. The summed E-state index contributed by atoms with van der Waals surface area (Å²) in [5.74, 6) is -2.61. The van der Waals surface area contributed by atoms with Crippen LogP contribution in [0.5, 0.6) is 5.88 Å². The van der Waals surface area contributed by atoms with Gasteiger partial charge in [0.15, 0.2) is 6.10 Å². The van der Waals surface area contributed by atoms with E-state index in [-0.39, 0.29) is 36.5 Å². The van der Waals surface area contributed by atoms with E-state index in [1.54, 1.807) is 12.1 Å². The Labute approximate surface area is 321 Å². The molecule has 0 radical (unpaired) electrons. The molecular formula is C38H53ClN8O7. The van der Waals surface area contributed by atoms with E-state index in [1.807, 2.05) is 27.7 Å². The molecule has 1 unspecified atom stereocenters. The lowest BCUT2D eigenvalue weighted by atomic mass is 9.82. The molecule has 3 fully saturated rings. The van der Waals surface area contributed by atoms with Crippen LogP contribution in [0.15, 0.2) is 36.9 Å². The minimum atomic E-state index is -1.49. The Hall–Kier alpha value is -4.37. The number of ether oxygens (including phenoxy) is 1. The molecular weight excluding hydrogens is 716 g/mol. The van der Waals surface area contributed by atoms with Gasteiger partial charge in [-0.25, -0.2) is 9.97 Å². The van der Waals surface area contributed by atoms with Gasteiger partial charge in [0.05, 0.1) is 23.8 Å². The van der Waals surface area contributed by atoms with Crippen molar-refractivity contribution in [2.24, 2.45) is 11.3 Å². The minimum absolute atomic E-state index is 0.0116. The zero-order valence-corrected chi connectivity index (χ0v) is 32.2. The first-order chi connectivity index (χ1) is 25.7. The molecule has 0 bridgehead atoms. The predicted octanol–water partition coefficient (Wildman–Crippen LogP) is 2.71. The molecule has 5 N–H and O–H groups in total. The highest BCUT2D eigenvalue weighted by Gasteiger charge is 2.47. The van der Waals surface area contributed by atoms with Crippen LogP contribution in [0.3, 0.4) is 0 Å². The third-order valence-corrected chi connectivity index (χ3v) is 10.4. The van der Waals surface area contributed by atoms with E-state index in [0.717, 1.165) is 44.9 Å². The summed E-state index contributed by atoms with van der Waals surface area (Å²) in [5.41, 5.74) is -0.767. The van der Waals surface area contributed by atoms with Crippen LogP contribution in [0.4, 0.5) is 0 Å². The van der Waals surface area contributed by atoms with Crippen LogP contribution in [-0.2, 0) is 19.2 Å². The van der Waals surface area contributed by atoms with Crippen LogP contribution in [0.1, 0.15) is 102 Å². The molecule has 2 aromatic rings. The summed E-state index contributed by atoms with van der Waals surface area (Å²) in [7, 11) is 0. The molecule has 54 heavy (non-hydrogen) atoms. The average Bonchev–Trinajstić information content (AvgIpc) is 3.88. The number of aromatic nitrogens is 3. The first-order valence-corrected chi connectivity index (χ1v) is 19.4. The molecule has 1 aliphatic heterocycles. The number of likely N-dealkylation sites (tertiary alicyclic amines) is 1. The maximum atomic E-state index is 14.7. The number of nitrogens with zero attached hydrogens (tertiary/aromatic N) is 4. The Morgan fingerprint density at radius 2 is 1.70 bits per heavy atom. The van der Waals surface area contributed by atoms with Crippen molar-refractivity contribution < 1.29 is 33.8 Å². The van der Waals surface area contributed by atoms with Crippen molar-refractivity contribution in [3.8, 4) is 5.88 Å². The number of halogens is 1. The summed E-state index contributed by atoms with van der Waals surface area (Å²) < 4.78 is 6.13. The number of hydrogen-bond acceptors (Lipinski definition) is 10. The van der Waals surface area contributed by atoms with Crippen molar-refractivity contribution in [2.75, 3.05) is 6.54 Å². The fourth-order valence-electron chi connectivity index (χ4n) is 7.12. The van der Waals surface area contributed by atoms with Crippen LogP contribution in [0, 0.1) is 11.3 Å². The molecule has 5 rings (SSSR count). The SMILES string of the molecule is CCC[C@H](NC(=O)[C@@H]1C[C@@H](Oc2ccc(Cl)cn2)CN1C(=O)[C@@H](NC(=O)[C@@H](NC(=O)c1cnccn1)C1CCCCC1)C(C)(C)C)C(O)C(=O)NC1CC1. The molecule has 0 aromatic carbocycles. The molecule has 2 saturated carbocycles. The van der Waals surface area contributed by atoms with Gasteiger partial charge in [-0.1, -0.05) is 65.0 Å². The molecule has 2 aromatic heterocycles. The molecule has 1 saturated heterocycles. The summed E-state index contributed by atoms with van der Waals surface area (Å²) in [6.45, 7) is 7.31. The number of carbonyl (C=O) groups excluding carboxylic acids is 5. The predicted molar refractivity (Wildman–Crippen MR) is 199 cm³/mol. The van der Waals surface area contributed by atoms with Gasteiger partial charge in [0.2, 0.25) is 23.6 Å². The summed E-state index contributed by atoms with van der Waals surface area (Å²) in [5, 5.41) is 22.9. The number of pyridine rings is 1. The van der Waals surface area contributed by atoms with Crippen LogP contribution in [0.2, 0.25) is 5.02 Å². The molecule has 6 atom stereocenters. The molecule has 294 valence electrons. The maximum absolute atomic E-state index is 14.7. The average molecular weight is 769 g/mol. The van der Waals surface area contributed by atoms with Gasteiger partial charge in [-0.2, -0.15) is 0 Å². The lowest BCUT2D eigenvalue weighted by Crippen LogP contribution is -2.62. The fourth-order valence-corrected chi connectivity index (χ4v) is 7.23. The number of rotatable bonds is 15. The highest BCUT2D eigenvalue weighted by Crippen LogP contribution is 2.31. The standard InChI is InChI=1S/C38H53ClN8O7/c1-5-9-26(31(48)36(52)43-24-13-14-24)44-34(50)28-18-25(54-29-15-12-23(39)19-42-29)21-47(28)37(53)32(38(2,3)4)46-35(51)30(22-10-7-6-8-11-22)45-33(49)27-20-40-16-17-41-27/h12,15-17,19-20,22,24-26,28,30-32,48H,5-11,13-14,18,21H2,1-4H3,(H,43,52)(H,44,50)(H,45,49)(H,46,51)/t25-,26+,28+,30+,31?,32-/m1/s1. The van der Waals surface area contributed by atoms with E-state index < -0.39 is 71.3 Å². The van der Waals surface area contributed by atoms with Crippen LogP contribution >= 0.6 is 11.6 Å². The number of nitrogens with one attached hydrogen (secondary N) is 4. The van der Waals surface area contributed by atoms with Gasteiger partial charge in [-0.3, -0.25) is 29.0 Å². The minimum Gasteiger partial charge on any atom is -0.472 e. The van der Waals surface area contributed by atoms with Gasteiger partial charge in [-0.05, 0) is 49.5 Å². The molecule has 0 spiro atoms. The van der Waals surface area contributed by atoms with Gasteiger partial charge < -0.3 is 36.0 Å².